The van der Waals surface area contributed by atoms with Gasteiger partial charge in [0.25, 0.3) is 0 Å². The molecule has 0 saturated heterocycles. The van der Waals surface area contributed by atoms with Gasteiger partial charge in [-0.15, -0.1) is 0 Å². The molecule has 1 fully saturated rings. The van der Waals surface area contributed by atoms with Crippen LogP contribution in [0.5, 0.6) is 0 Å². The Hall–Kier alpha value is -1.02. The molecular formula is C13H15ClO2. The number of carboxylic acid groups (broad SMARTS) is 1. The van der Waals surface area contributed by atoms with E-state index in [2.05, 4.69) is 6.92 Å². The molecule has 1 aromatic rings. The van der Waals surface area contributed by atoms with Crippen molar-refractivity contribution in [2.45, 2.75) is 19.8 Å². The van der Waals surface area contributed by atoms with Gasteiger partial charge in [0.2, 0.25) is 0 Å². The van der Waals surface area contributed by atoms with Crippen molar-refractivity contribution in [3.05, 3.63) is 34.9 Å². The normalized spacial score (nSPS) is 25.1. The lowest BCUT2D eigenvalue weighted by Crippen LogP contribution is -2.08. The summed E-state index contributed by atoms with van der Waals surface area (Å²) in [6, 6.07) is 7.78. The van der Waals surface area contributed by atoms with Crippen molar-refractivity contribution in [3.63, 3.8) is 0 Å². The lowest BCUT2D eigenvalue weighted by atomic mass is 9.95. The van der Waals surface area contributed by atoms with Gasteiger partial charge in [0, 0.05) is 5.02 Å². The van der Waals surface area contributed by atoms with E-state index in [-0.39, 0.29) is 5.92 Å². The molecule has 2 rings (SSSR count). The van der Waals surface area contributed by atoms with E-state index in [4.69, 9.17) is 16.7 Å². The van der Waals surface area contributed by atoms with Gasteiger partial charge in [-0.05, 0) is 42.4 Å². The topological polar surface area (TPSA) is 37.3 Å². The number of hydrogen-bond donors (Lipinski definition) is 1. The van der Waals surface area contributed by atoms with Crippen molar-refractivity contribution in [1.29, 1.82) is 0 Å². The van der Waals surface area contributed by atoms with Gasteiger partial charge in [-0.3, -0.25) is 4.79 Å². The Morgan fingerprint density at radius 3 is 2.62 bits per heavy atom. The van der Waals surface area contributed by atoms with E-state index in [9.17, 15) is 4.79 Å². The number of aliphatic carboxylic acids is 1. The summed E-state index contributed by atoms with van der Waals surface area (Å²) in [6.07, 6.45) is 1.77. The second-order valence-electron chi connectivity index (χ2n) is 4.65. The Morgan fingerprint density at radius 2 is 2.12 bits per heavy atom. The first-order valence-corrected chi connectivity index (χ1v) is 5.93. The van der Waals surface area contributed by atoms with E-state index >= 15 is 0 Å². The molecule has 3 atom stereocenters. The van der Waals surface area contributed by atoms with Gasteiger partial charge in [0.1, 0.15) is 0 Å². The smallest absolute Gasteiger partial charge is 0.306 e. The maximum atomic E-state index is 10.8. The van der Waals surface area contributed by atoms with Gasteiger partial charge >= 0.3 is 5.97 Å². The summed E-state index contributed by atoms with van der Waals surface area (Å²) in [4.78, 5) is 10.8. The summed E-state index contributed by atoms with van der Waals surface area (Å²) < 4.78 is 0. The highest BCUT2D eigenvalue weighted by atomic mass is 35.5. The van der Waals surface area contributed by atoms with Crippen LogP contribution in [-0.4, -0.2) is 11.1 Å². The first-order valence-electron chi connectivity index (χ1n) is 5.55. The number of rotatable bonds is 4. The molecular weight excluding hydrogens is 224 g/mol. The van der Waals surface area contributed by atoms with E-state index in [1.165, 1.54) is 5.56 Å². The zero-order valence-electron chi connectivity index (χ0n) is 9.19. The highest BCUT2D eigenvalue weighted by molar-refractivity contribution is 6.30. The third-order valence-corrected chi connectivity index (χ3v) is 3.61. The molecule has 2 nitrogen and oxygen atoms in total. The average molecular weight is 239 g/mol. The van der Waals surface area contributed by atoms with Crippen LogP contribution in [0.2, 0.25) is 5.02 Å². The molecule has 16 heavy (non-hydrogen) atoms. The second-order valence-corrected chi connectivity index (χ2v) is 5.09. The Kier molecular flexibility index (Phi) is 3.20. The van der Waals surface area contributed by atoms with E-state index < -0.39 is 5.97 Å². The highest BCUT2D eigenvalue weighted by Gasteiger charge is 2.45. The maximum Gasteiger partial charge on any atom is 0.306 e. The minimum atomic E-state index is -0.645. The van der Waals surface area contributed by atoms with Gasteiger partial charge in [-0.25, -0.2) is 0 Å². The molecule has 0 bridgehead atoms. The Morgan fingerprint density at radius 1 is 1.50 bits per heavy atom. The van der Waals surface area contributed by atoms with Crippen LogP contribution < -0.4 is 0 Å². The van der Waals surface area contributed by atoms with Gasteiger partial charge < -0.3 is 5.11 Å². The molecule has 0 aliphatic heterocycles. The summed E-state index contributed by atoms with van der Waals surface area (Å²) in [6.45, 7) is 2.13. The monoisotopic (exact) mass is 238 g/mol. The van der Waals surface area contributed by atoms with Crippen LogP contribution in [0.15, 0.2) is 24.3 Å². The SMILES string of the molecule is CC(Cc1ccc(Cl)cc1)C1CC1C(=O)O. The fraction of sp³-hybridized carbons (Fsp3) is 0.462. The molecule has 1 aromatic carbocycles. The summed E-state index contributed by atoms with van der Waals surface area (Å²) in [7, 11) is 0. The van der Waals surface area contributed by atoms with Crippen molar-refractivity contribution in [3.8, 4) is 0 Å². The Balaban J connectivity index is 1.91. The zero-order chi connectivity index (χ0) is 11.7. The van der Waals surface area contributed by atoms with E-state index in [0.29, 0.717) is 11.8 Å². The molecule has 1 aliphatic rings. The van der Waals surface area contributed by atoms with Crippen molar-refractivity contribution in [1.82, 2.24) is 0 Å². The van der Waals surface area contributed by atoms with Gasteiger partial charge in [0.05, 0.1) is 5.92 Å². The first kappa shape index (κ1) is 11.5. The summed E-state index contributed by atoms with van der Waals surface area (Å²) in [5.41, 5.74) is 1.23. The summed E-state index contributed by atoms with van der Waals surface area (Å²) in [5, 5.41) is 9.60. The first-order chi connectivity index (χ1) is 7.58. The van der Waals surface area contributed by atoms with Gasteiger partial charge in [-0.2, -0.15) is 0 Å². The largest absolute Gasteiger partial charge is 0.481 e. The van der Waals surface area contributed by atoms with Crippen LogP contribution >= 0.6 is 11.6 Å². The fourth-order valence-corrected chi connectivity index (χ4v) is 2.40. The lowest BCUT2D eigenvalue weighted by molar-refractivity contribution is -0.139. The van der Waals surface area contributed by atoms with Crippen molar-refractivity contribution >= 4 is 17.6 Å². The number of carboxylic acids is 1. The number of benzene rings is 1. The number of carbonyl (C=O) groups is 1. The van der Waals surface area contributed by atoms with Crippen LogP contribution in [0, 0.1) is 17.8 Å². The number of halogens is 1. The molecule has 1 saturated carbocycles. The predicted octanol–water partition coefficient (Wildman–Crippen LogP) is 3.24. The van der Waals surface area contributed by atoms with Crippen LogP contribution in [0.1, 0.15) is 18.9 Å². The minimum absolute atomic E-state index is 0.109. The van der Waals surface area contributed by atoms with Crippen molar-refractivity contribution in [2.24, 2.45) is 17.8 Å². The molecule has 1 N–H and O–H groups in total. The zero-order valence-corrected chi connectivity index (χ0v) is 9.95. The fourth-order valence-electron chi connectivity index (χ4n) is 2.27. The lowest BCUT2D eigenvalue weighted by Gasteiger charge is -2.10. The van der Waals surface area contributed by atoms with E-state index in [1.807, 2.05) is 24.3 Å². The third kappa shape index (κ3) is 2.56. The molecule has 0 spiro atoms. The molecule has 3 heteroatoms. The van der Waals surface area contributed by atoms with Crippen LogP contribution in [0.3, 0.4) is 0 Å². The molecule has 0 amide bonds. The molecule has 86 valence electrons. The molecule has 0 aromatic heterocycles. The molecule has 0 heterocycles. The van der Waals surface area contributed by atoms with Crippen LogP contribution in [0.25, 0.3) is 0 Å². The predicted molar refractivity (Wildman–Crippen MR) is 63.6 cm³/mol. The molecule has 1 aliphatic carbocycles. The Labute approximate surface area is 100 Å². The quantitative estimate of drug-likeness (QED) is 0.875. The van der Waals surface area contributed by atoms with Gasteiger partial charge in [0.15, 0.2) is 0 Å². The number of hydrogen-bond acceptors (Lipinski definition) is 1. The van der Waals surface area contributed by atoms with E-state index in [1.54, 1.807) is 0 Å². The second kappa shape index (κ2) is 4.46. The van der Waals surface area contributed by atoms with E-state index in [0.717, 1.165) is 17.9 Å². The van der Waals surface area contributed by atoms with Crippen LogP contribution in [-0.2, 0) is 11.2 Å². The summed E-state index contributed by atoms with van der Waals surface area (Å²) >= 11 is 5.81. The standard InChI is InChI=1S/C13H15ClO2/c1-8(11-7-12(11)13(15)16)6-9-2-4-10(14)5-3-9/h2-5,8,11-12H,6-7H2,1H3,(H,15,16). The van der Waals surface area contributed by atoms with Crippen LogP contribution in [0.4, 0.5) is 0 Å². The minimum Gasteiger partial charge on any atom is -0.481 e. The average Bonchev–Trinajstić information content (AvgIpc) is 3.01. The molecule has 3 unspecified atom stereocenters. The maximum absolute atomic E-state index is 10.8. The van der Waals surface area contributed by atoms with Crippen molar-refractivity contribution < 1.29 is 9.90 Å². The summed E-state index contributed by atoms with van der Waals surface area (Å²) in [5.74, 6) is 0.0331. The third-order valence-electron chi connectivity index (χ3n) is 3.36. The highest BCUT2D eigenvalue weighted by Crippen LogP contribution is 2.45. The van der Waals surface area contributed by atoms with Gasteiger partial charge in [-0.1, -0.05) is 30.7 Å². The van der Waals surface area contributed by atoms with Crippen molar-refractivity contribution in [2.75, 3.05) is 0 Å². The molecule has 0 radical (unpaired) electrons. The Bertz CT molecular complexity index is 385.